The molecule has 8 heteroatoms. The number of aryl methyl sites for hydroxylation is 3. The summed E-state index contributed by atoms with van der Waals surface area (Å²) in [5, 5.41) is 13.0. The van der Waals surface area contributed by atoms with Crippen LogP contribution in [0.5, 0.6) is 5.75 Å². The van der Waals surface area contributed by atoms with Crippen LogP contribution < -0.4 is 5.32 Å². The molecule has 0 aliphatic heterocycles. The molecule has 0 bridgehead atoms. The second kappa shape index (κ2) is 10.1. The summed E-state index contributed by atoms with van der Waals surface area (Å²) >= 11 is 6.36. The molecule has 0 radical (unpaired) electrons. The molecule has 0 fully saturated rings. The molecule has 0 aliphatic rings. The monoisotopic (exact) mass is 539 g/mol. The summed E-state index contributed by atoms with van der Waals surface area (Å²) in [4.78, 5) is 21.6. The van der Waals surface area contributed by atoms with Gasteiger partial charge in [0.25, 0.3) is 0 Å². The average molecular weight is 541 g/mol. The maximum absolute atomic E-state index is 12.5. The summed E-state index contributed by atoms with van der Waals surface area (Å²) in [5.74, 6) is 0.418. The molecule has 4 rings (SSSR count). The first-order valence-corrected chi connectivity index (χ1v) is 12.8. The molecular weight excluding hydrogens is 518 g/mol. The first-order chi connectivity index (χ1) is 15.8. The molecule has 0 atom stereocenters. The summed E-state index contributed by atoms with van der Waals surface area (Å²) < 4.78 is 2.71. The molecule has 5 nitrogen and oxygen atoms in total. The molecule has 2 N–H and O–H groups in total. The third-order valence-electron chi connectivity index (χ3n) is 4.96. The minimum atomic E-state index is -0.0478. The van der Waals surface area contributed by atoms with Crippen LogP contribution >= 0.6 is 39.0 Å². The molecular formula is C25H22BrN3O2S2. The minimum absolute atomic E-state index is 0.0478. The zero-order valence-electron chi connectivity index (χ0n) is 18.3. The van der Waals surface area contributed by atoms with Gasteiger partial charge in [0, 0.05) is 21.9 Å². The van der Waals surface area contributed by atoms with Crippen molar-refractivity contribution in [1.29, 1.82) is 0 Å². The van der Waals surface area contributed by atoms with E-state index in [0.29, 0.717) is 11.3 Å². The van der Waals surface area contributed by atoms with Crippen LogP contribution in [0.25, 0.3) is 10.2 Å². The number of carbonyl (C=O) groups excluding carboxylic acids is 1. The normalized spacial score (nSPS) is 11.4. The van der Waals surface area contributed by atoms with E-state index in [2.05, 4.69) is 50.3 Å². The highest BCUT2D eigenvalue weighted by molar-refractivity contribution is 9.10. The summed E-state index contributed by atoms with van der Waals surface area (Å²) in [6, 6.07) is 15.1. The first-order valence-electron chi connectivity index (χ1n) is 10.2. The predicted octanol–water partition coefficient (Wildman–Crippen LogP) is 7.17. The summed E-state index contributed by atoms with van der Waals surface area (Å²) in [7, 11) is 0. The van der Waals surface area contributed by atoms with Crippen molar-refractivity contribution >= 4 is 72.7 Å². The predicted molar refractivity (Wildman–Crippen MR) is 143 cm³/mol. The fraction of sp³-hybridized carbons (Fsp3) is 0.160. The molecule has 4 aromatic rings. The highest BCUT2D eigenvalue weighted by Gasteiger charge is 2.11. The fourth-order valence-electron chi connectivity index (χ4n) is 3.49. The highest BCUT2D eigenvalue weighted by Crippen LogP contribution is 2.32. The smallest absolute Gasteiger partial charge is 0.234 e. The number of phenolic OH excluding ortho intramolecular Hbond substituents is 1. The number of hydrogen-bond donors (Lipinski definition) is 2. The third kappa shape index (κ3) is 5.82. The van der Waals surface area contributed by atoms with Crippen molar-refractivity contribution in [2.45, 2.75) is 25.1 Å². The Morgan fingerprint density at radius 3 is 2.67 bits per heavy atom. The van der Waals surface area contributed by atoms with Gasteiger partial charge < -0.3 is 10.4 Å². The van der Waals surface area contributed by atoms with Gasteiger partial charge in [-0.1, -0.05) is 45.4 Å². The highest BCUT2D eigenvalue weighted by atomic mass is 79.9. The van der Waals surface area contributed by atoms with Gasteiger partial charge >= 0.3 is 0 Å². The number of anilines is 1. The number of fused-ring (bicyclic) bond motifs is 1. The second-order valence-electron chi connectivity index (χ2n) is 7.70. The van der Waals surface area contributed by atoms with E-state index in [1.165, 1.54) is 28.7 Å². The van der Waals surface area contributed by atoms with Gasteiger partial charge in [0.05, 0.1) is 21.7 Å². The van der Waals surface area contributed by atoms with E-state index in [1.54, 1.807) is 18.3 Å². The number of nitrogens with one attached hydrogen (secondary N) is 1. The second-order valence-corrected chi connectivity index (χ2v) is 10.9. The van der Waals surface area contributed by atoms with Crippen LogP contribution in [-0.2, 0) is 4.79 Å². The molecule has 1 heterocycles. The lowest BCUT2D eigenvalue weighted by molar-refractivity contribution is -0.113. The van der Waals surface area contributed by atoms with E-state index in [0.717, 1.165) is 41.5 Å². The number of phenols is 1. The molecule has 33 heavy (non-hydrogen) atoms. The molecule has 1 aromatic heterocycles. The maximum atomic E-state index is 12.5. The van der Waals surface area contributed by atoms with Crippen molar-refractivity contribution in [3.05, 3.63) is 75.3 Å². The number of amides is 1. The lowest BCUT2D eigenvalue weighted by Crippen LogP contribution is -2.15. The van der Waals surface area contributed by atoms with Crippen LogP contribution in [0.15, 0.2) is 62.3 Å². The molecule has 168 valence electrons. The van der Waals surface area contributed by atoms with Crippen LogP contribution in [0.4, 0.5) is 11.4 Å². The Morgan fingerprint density at radius 2 is 1.91 bits per heavy atom. The Balaban J connectivity index is 1.43. The lowest BCUT2D eigenvalue weighted by atomic mass is 10.1. The van der Waals surface area contributed by atoms with E-state index in [1.807, 2.05) is 38.1 Å². The van der Waals surface area contributed by atoms with E-state index in [-0.39, 0.29) is 11.7 Å². The Bertz CT molecular complexity index is 1360. The van der Waals surface area contributed by atoms with E-state index >= 15 is 0 Å². The van der Waals surface area contributed by atoms with Gasteiger partial charge in [0.1, 0.15) is 5.75 Å². The number of aromatic nitrogens is 1. The fourth-order valence-corrected chi connectivity index (χ4v) is 5.77. The number of aromatic hydroxyl groups is 1. The van der Waals surface area contributed by atoms with Gasteiger partial charge in [-0.15, -0.1) is 11.3 Å². The Hall–Kier alpha value is -2.68. The van der Waals surface area contributed by atoms with Gasteiger partial charge in [0.2, 0.25) is 5.91 Å². The van der Waals surface area contributed by atoms with Crippen LogP contribution in [0, 0.1) is 20.8 Å². The van der Waals surface area contributed by atoms with Crippen molar-refractivity contribution in [3.63, 3.8) is 0 Å². The molecule has 0 aliphatic carbocycles. The van der Waals surface area contributed by atoms with E-state index < -0.39 is 0 Å². The van der Waals surface area contributed by atoms with Gasteiger partial charge in [-0.3, -0.25) is 9.79 Å². The van der Waals surface area contributed by atoms with Crippen molar-refractivity contribution in [1.82, 2.24) is 4.98 Å². The number of carbonyl (C=O) groups is 1. The number of thiazole rings is 1. The largest absolute Gasteiger partial charge is 0.507 e. The zero-order chi connectivity index (χ0) is 23.5. The number of halogens is 1. The van der Waals surface area contributed by atoms with Crippen LogP contribution in [0.1, 0.15) is 22.3 Å². The van der Waals surface area contributed by atoms with E-state index in [4.69, 9.17) is 0 Å². The van der Waals surface area contributed by atoms with Crippen LogP contribution in [-0.4, -0.2) is 28.0 Å². The Labute approximate surface area is 209 Å². The van der Waals surface area contributed by atoms with Gasteiger partial charge in [-0.25, -0.2) is 4.98 Å². The Kier molecular flexibility index (Phi) is 7.17. The SMILES string of the molecule is Cc1cc(C)c(NC(=O)CSc2nc3ccc(N=Cc4cc(Br)ccc4O)cc3s2)c(C)c1. The average Bonchev–Trinajstić information content (AvgIpc) is 3.17. The molecule has 0 saturated carbocycles. The number of nitrogens with zero attached hydrogens (tertiary/aromatic N) is 2. The molecule has 0 saturated heterocycles. The third-order valence-corrected chi connectivity index (χ3v) is 7.62. The summed E-state index contributed by atoms with van der Waals surface area (Å²) in [6.07, 6.45) is 1.64. The zero-order valence-corrected chi connectivity index (χ0v) is 21.6. The standard InChI is InChI=1S/C25H22BrN3O2S2/c1-14-8-15(2)24(16(3)9-14)29-23(31)13-32-25-28-20-6-5-19(11-22(20)33-25)27-12-17-10-18(26)4-7-21(17)30/h4-12,30H,13H2,1-3H3,(H,29,31). The van der Waals surface area contributed by atoms with Crippen molar-refractivity contribution < 1.29 is 9.90 Å². The summed E-state index contributed by atoms with van der Waals surface area (Å²) in [5.41, 5.74) is 6.47. The lowest BCUT2D eigenvalue weighted by Gasteiger charge is -2.12. The molecule has 1 amide bonds. The maximum Gasteiger partial charge on any atom is 0.234 e. The quantitative estimate of drug-likeness (QED) is 0.201. The molecule has 3 aromatic carbocycles. The van der Waals surface area contributed by atoms with Crippen molar-refractivity contribution in [3.8, 4) is 5.75 Å². The topological polar surface area (TPSA) is 74.6 Å². The first kappa shape index (κ1) is 23.5. The Morgan fingerprint density at radius 1 is 1.15 bits per heavy atom. The van der Waals surface area contributed by atoms with Crippen LogP contribution in [0.3, 0.4) is 0 Å². The van der Waals surface area contributed by atoms with E-state index in [9.17, 15) is 9.90 Å². The molecule has 0 spiro atoms. The van der Waals surface area contributed by atoms with Crippen LogP contribution in [0.2, 0.25) is 0 Å². The van der Waals surface area contributed by atoms with Gasteiger partial charge in [-0.05, 0) is 68.3 Å². The number of hydrogen-bond acceptors (Lipinski definition) is 6. The number of rotatable bonds is 6. The number of thioether (sulfide) groups is 1. The summed E-state index contributed by atoms with van der Waals surface area (Å²) in [6.45, 7) is 6.07. The molecule has 0 unspecified atom stereocenters. The van der Waals surface area contributed by atoms with Crippen molar-refractivity contribution in [2.24, 2.45) is 4.99 Å². The number of aliphatic imine (C=N–C) groups is 1. The van der Waals surface area contributed by atoms with Crippen molar-refractivity contribution in [2.75, 3.05) is 11.1 Å². The van der Waals surface area contributed by atoms with Gasteiger partial charge in [0.15, 0.2) is 4.34 Å². The van der Waals surface area contributed by atoms with Gasteiger partial charge in [-0.2, -0.15) is 0 Å². The number of benzene rings is 3. The minimum Gasteiger partial charge on any atom is -0.507 e.